The van der Waals surface area contributed by atoms with Crippen molar-refractivity contribution >= 4 is 75.5 Å². The average Bonchev–Trinajstić information content (AvgIpc) is 3.80. The summed E-state index contributed by atoms with van der Waals surface area (Å²) in [4.78, 5) is 23.5. The van der Waals surface area contributed by atoms with Gasteiger partial charge in [0.2, 0.25) is 0 Å². The van der Waals surface area contributed by atoms with Gasteiger partial charge in [-0.15, -0.1) is 0 Å². The van der Waals surface area contributed by atoms with Gasteiger partial charge in [0.05, 0.1) is 43.3 Å². The molecule has 0 radical (unpaired) electrons. The van der Waals surface area contributed by atoms with Crippen LogP contribution >= 0.6 is 63.7 Å². The lowest BCUT2D eigenvalue weighted by Crippen LogP contribution is -2.25. The second kappa shape index (κ2) is 15.7. The van der Waals surface area contributed by atoms with Gasteiger partial charge in [0.1, 0.15) is 43.5 Å². The third-order valence-corrected chi connectivity index (χ3v) is 9.33. The van der Waals surface area contributed by atoms with Gasteiger partial charge >= 0.3 is 5.97 Å². The van der Waals surface area contributed by atoms with Gasteiger partial charge in [0.25, 0.3) is 0 Å². The molecule has 0 aromatic heterocycles. The molecule has 2 atom stereocenters. The summed E-state index contributed by atoms with van der Waals surface area (Å²) in [7, 11) is 0. The van der Waals surface area contributed by atoms with Gasteiger partial charge in [-0.05, 0) is 118 Å². The van der Waals surface area contributed by atoms with Gasteiger partial charge in [-0.25, -0.2) is 4.79 Å². The highest BCUT2D eigenvalue weighted by atomic mass is 79.9. The van der Waals surface area contributed by atoms with Crippen molar-refractivity contribution in [3.05, 3.63) is 88.7 Å². The summed E-state index contributed by atoms with van der Waals surface area (Å²) in [6, 6.07) is 14.4. The monoisotopic (exact) mass is 860 g/mol. The fourth-order valence-corrected chi connectivity index (χ4v) is 7.02. The number of hydrogen-bond donors (Lipinski definition) is 1. The zero-order valence-corrected chi connectivity index (χ0v) is 30.7. The predicted molar refractivity (Wildman–Crippen MR) is 180 cm³/mol. The Hall–Kier alpha value is -1.80. The van der Waals surface area contributed by atoms with Gasteiger partial charge < -0.3 is 28.8 Å². The molecule has 0 spiro atoms. The molecular formula is C32H32Br4O8. The van der Waals surface area contributed by atoms with E-state index in [2.05, 4.69) is 89.7 Å². The number of halogens is 4. The summed E-state index contributed by atoms with van der Waals surface area (Å²) in [6.07, 6.45) is -0.738. The fraction of sp³-hybridized carbons (Fsp3) is 0.375. The van der Waals surface area contributed by atoms with E-state index in [1.165, 1.54) is 6.92 Å². The molecule has 1 N–H and O–H groups in total. The first kappa shape index (κ1) is 35.1. The van der Waals surface area contributed by atoms with Gasteiger partial charge in [-0.3, -0.25) is 4.79 Å². The molecule has 4 rings (SSSR count). The molecule has 44 heavy (non-hydrogen) atoms. The van der Waals surface area contributed by atoms with E-state index in [1.807, 2.05) is 12.1 Å². The standard InChI is InChI=1S/C32H32Br4O8/c1-18(37)19-4-6-20(7-5-19)31(39)41-9-8-40-14-23(38)15-43-29-25(33)10-21(11-26(29)34)32(2,3)22-12-27(35)30(28(36)13-22)44-17-24-16-42-24/h4-7,10-13,23-24,38H,8-9,14-17H2,1-3H3. The number of ketones is 1. The molecule has 1 heterocycles. The minimum absolute atomic E-state index is 0.00234. The van der Waals surface area contributed by atoms with Gasteiger partial charge in [0, 0.05) is 11.0 Å². The number of epoxide rings is 1. The number of aliphatic hydroxyl groups excluding tert-OH is 1. The largest absolute Gasteiger partial charge is 0.488 e. The van der Waals surface area contributed by atoms with Crippen LogP contribution in [-0.2, 0) is 19.6 Å². The zero-order chi connectivity index (χ0) is 32.0. The van der Waals surface area contributed by atoms with Crippen molar-refractivity contribution in [2.24, 2.45) is 0 Å². The third-order valence-electron chi connectivity index (χ3n) is 6.97. The number of carbonyl (C=O) groups is 2. The molecule has 8 nitrogen and oxygen atoms in total. The number of hydrogen-bond acceptors (Lipinski definition) is 8. The molecular weight excluding hydrogens is 832 g/mol. The number of rotatable bonds is 15. The highest BCUT2D eigenvalue weighted by Crippen LogP contribution is 2.44. The first-order valence-corrected chi connectivity index (χ1v) is 16.9. The highest BCUT2D eigenvalue weighted by molar-refractivity contribution is 9.11. The molecule has 12 heteroatoms. The van der Waals surface area contributed by atoms with E-state index in [1.54, 1.807) is 24.3 Å². The molecule has 2 unspecified atom stereocenters. The van der Waals surface area contributed by atoms with Crippen LogP contribution in [0.4, 0.5) is 0 Å². The maximum absolute atomic E-state index is 12.1. The average molecular weight is 864 g/mol. The van der Waals surface area contributed by atoms with Crippen LogP contribution in [-0.4, -0.2) is 68.7 Å². The van der Waals surface area contributed by atoms with Gasteiger partial charge in [0.15, 0.2) is 5.78 Å². The number of esters is 1. The van der Waals surface area contributed by atoms with E-state index in [4.69, 9.17) is 23.7 Å². The molecule has 1 fully saturated rings. The normalized spacial score (nSPS) is 15.0. The first-order valence-electron chi connectivity index (χ1n) is 13.8. The van der Waals surface area contributed by atoms with E-state index < -0.39 is 12.1 Å². The third kappa shape index (κ3) is 9.37. The minimum atomic E-state index is -0.901. The maximum Gasteiger partial charge on any atom is 0.338 e. The summed E-state index contributed by atoms with van der Waals surface area (Å²) in [5, 5.41) is 10.4. The number of ether oxygens (including phenoxy) is 5. The Kier molecular flexibility index (Phi) is 12.5. The van der Waals surface area contributed by atoms with Crippen LogP contribution in [0.5, 0.6) is 11.5 Å². The lowest BCUT2D eigenvalue weighted by Gasteiger charge is -2.28. The number of aliphatic hydroxyl groups is 1. The van der Waals surface area contributed by atoms with Crippen LogP contribution in [0.1, 0.15) is 52.6 Å². The summed E-state index contributed by atoms with van der Waals surface area (Å²) >= 11 is 14.6. The Morgan fingerprint density at radius 1 is 0.864 bits per heavy atom. The summed E-state index contributed by atoms with van der Waals surface area (Å²) in [6.45, 7) is 7.11. The van der Waals surface area contributed by atoms with Crippen molar-refractivity contribution < 1.29 is 38.4 Å². The van der Waals surface area contributed by atoms with E-state index in [0.29, 0.717) is 23.5 Å². The molecule has 236 valence electrons. The van der Waals surface area contributed by atoms with E-state index in [9.17, 15) is 14.7 Å². The second-order valence-corrected chi connectivity index (χ2v) is 14.2. The molecule has 1 aliphatic heterocycles. The molecule has 0 bridgehead atoms. The molecule has 3 aromatic rings. The highest BCUT2D eigenvalue weighted by Gasteiger charge is 2.29. The van der Waals surface area contributed by atoms with Crippen LogP contribution in [0.3, 0.4) is 0 Å². The van der Waals surface area contributed by atoms with E-state index >= 15 is 0 Å². The van der Waals surface area contributed by atoms with Gasteiger partial charge in [-0.1, -0.05) is 26.0 Å². The van der Waals surface area contributed by atoms with Crippen molar-refractivity contribution in [3.63, 3.8) is 0 Å². The Morgan fingerprint density at radius 2 is 1.36 bits per heavy atom. The minimum Gasteiger partial charge on any atom is -0.488 e. The first-order chi connectivity index (χ1) is 20.9. The number of carbonyl (C=O) groups excluding carboxylic acids is 2. The Bertz CT molecular complexity index is 1440. The van der Waals surface area contributed by atoms with Crippen molar-refractivity contribution in [2.75, 3.05) is 39.6 Å². The van der Waals surface area contributed by atoms with Crippen molar-refractivity contribution in [2.45, 2.75) is 38.4 Å². The zero-order valence-electron chi connectivity index (χ0n) is 24.3. The number of benzene rings is 3. The van der Waals surface area contributed by atoms with E-state index in [0.717, 1.165) is 41.4 Å². The van der Waals surface area contributed by atoms with Gasteiger partial charge in [-0.2, -0.15) is 0 Å². The Labute approximate surface area is 290 Å². The van der Waals surface area contributed by atoms with Crippen LogP contribution in [0.25, 0.3) is 0 Å². The lowest BCUT2D eigenvalue weighted by atomic mass is 9.78. The SMILES string of the molecule is CC(=O)c1ccc(C(=O)OCCOCC(O)COc2c(Br)cc(C(C)(C)c3cc(Br)c(OCC4CO4)c(Br)c3)cc2Br)cc1. The maximum atomic E-state index is 12.1. The predicted octanol–water partition coefficient (Wildman–Crippen LogP) is 7.66. The topological polar surface area (TPSA) is 104 Å². The van der Waals surface area contributed by atoms with Crippen molar-refractivity contribution in [1.82, 2.24) is 0 Å². The molecule has 0 aliphatic carbocycles. The van der Waals surface area contributed by atoms with E-state index in [-0.39, 0.29) is 43.7 Å². The molecule has 1 aliphatic rings. The van der Waals surface area contributed by atoms with Crippen molar-refractivity contribution in [1.29, 1.82) is 0 Å². The summed E-state index contributed by atoms with van der Waals surface area (Å²) < 4.78 is 30.9. The second-order valence-electron chi connectivity index (χ2n) is 10.7. The van der Waals surface area contributed by atoms with Crippen LogP contribution in [0, 0.1) is 0 Å². The Balaban J connectivity index is 1.26. The summed E-state index contributed by atoms with van der Waals surface area (Å²) in [5.41, 5.74) is 2.60. The number of Topliss-reactive ketones (excluding diaryl/α,β-unsaturated/α-hetero) is 1. The quantitative estimate of drug-likeness (QED) is 0.0720. The lowest BCUT2D eigenvalue weighted by molar-refractivity contribution is -0.00710. The molecule has 0 saturated carbocycles. The van der Waals surface area contributed by atoms with Crippen LogP contribution in [0.2, 0.25) is 0 Å². The molecule has 0 amide bonds. The smallest absolute Gasteiger partial charge is 0.338 e. The summed E-state index contributed by atoms with van der Waals surface area (Å²) in [5.74, 6) is 0.709. The Morgan fingerprint density at radius 3 is 1.86 bits per heavy atom. The molecule has 1 saturated heterocycles. The molecule has 3 aromatic carbocycles. The van der Waals surface area contributed by atoms with Crippen LogP contribution in [0.15, 0.2) is 66.4 Å². The van der Waals surface area contributed by atoms with Crippen molar-refractivity contribution in [3.8, 4) is 11.5 Å². The fourth-order valence-electron chi connectivity index (χ4n) is 4.19. The van der Waals surface area contributed by atoms with Crippen LogP contribution < -0.4 is 9.47 Å².